The first-order valence-corrected chi connectivity index (χ1v) is 13.7. The lowest BCUT2D eigenvalue weighted by atomic mass is 9.77. The number of carbonyl (C=O) groups is 1. The molecule has 4 nitrogen and oxygen atoms in total. The third-order valence-electron chi connectivity index (χ3n) is 7.89. The topological polar surface area (TPSA) is 41.6 Å². The van der Waals surface area contributed by atoms with Gasteiger partial charge in [-0.3, -0.25) is 4.90 Å². The monoisotopic (exact) mass is 502 g/mol. The van der Waals surface area contributed by atoms with Crippen LogP contribution in [0.1, 0.15) is 63.9 Å². The Morgan fingerprint density at radius 1 is 0.944 bits per heavy atom. The van der Waals surface area contributed by atoms with Crippen molar-refractivity contribution >= 4 is 29.0 Å². The SMILES string of the molecule is CCC1CCC(c2ccc(-c3ccc4c(c3)OC(CC)CN4C(=O)Nc3ccccc3Cl)cc2)CC1. The second-order valence-electron chi connectivity index (χ2n) is 10.1. The fraction of sp³-hybridized carbons (Fsp3) is 0.387. The Morgan fingerprint density at radius 2 is 1.67 bits per heavy atom. The molecule has 1 saturated carbocycles. The molecule has 2 aliphatic rings. The van der Waals surface area contributed by atoms with Crippen LogP contribution in [0.25, 0.3) is 11.1 Å². The quantitative estimate of drug-likeness (QED) is 0.378. The lowest BCUT2D eigenvalue weighted by Gasteiger charge is -2.35. The van der Waals surface area contributed by atoms with E-state index in [2.05, 4.69) is 55.6 Å². The molecule has 188 valence electrons. The molecule has 5 heteroatoms. The van der Waals surface area contributed by atoms with Gasteiger partial charge in [0.05, 0.1) is 22.9 Å². The van der Waals surface area contributed by atoms with E-state index in [1.165, 1.54) is 37.7 Å². The number of benzene rings is 3. The molecule has 0 saturated heterocycles. The van der Waals surface area contributed by atoms with Crippen LogP contribution in [0, 0.1) is 5.92 Å². The lowest BCUT2D eigenvalue weighted by Crippen LogP contribution is -2.45. The van der Waals surface area contributed by atoms with Crippen molar-refractivity contribution in [2.45, 2.75) is 64.4 Å². The lowest BCUT2D eigenvalue weighted by molar-refractivity contribution is 0.188. The van der Waals surface area contributed by atoms with Crippen molar-refractivity contribution in [3.8, 4) is 16.9 Å². The number of urea groups is 1. The minimum atomic E-state index is -0.207. The number of amides is 2. The Bertz CT molecular complexity index is 1200. The van der Waals surface area contributed by atoms with Crippen LogP contribution in [0.5, 0.6) is 5.75 Å². The highest BCUT2D eigenvalue weighted by Crippen LogP contribution is 2.40. The molecule has 1 atom stereocenters. The number of nitrogens with one attached hydrogen (secondary N) is 1. The first kappa shape index (κ1) is 24.7. The first-order chi connectivity index (χ1) is 17.6. The molecule has 1 N–H and O–H groups in total. The molecule has 3 aromatic carbocycles. The third-order valence-corrected chi connectivity index (χ3v) is 8.22. The second kappa shape index (κ2) is 11.0. The summed E-state index contributed by atoms with van der Waals surface area (Å²) < 4.78 is 6.29. The molecule has 5 rings (SSSR count). The van der Waals surface area contributed by atoms with Gasteiger partial charge in [0, 0.05) is 0 Å². The number of fused-ring (bicyclic) bond motifs is 1. The molecule has 1 heterocycles. The van der Waals surface area contributed by atoms with E-state index < -0.39 is 0 Å². The van der Waals surface area contributed by atoms with E-state index in [0.29, 0.717) is 23.2 Å². The third kappa shape index (κ3) is 5.24. The van der Waals surface area contributed by atoms with Gasteiger partial charge in [0.25, 0.3) is 0 Å². The molecule has 0 spiro atoms. The summed E-state index contributed by atoms with van der Waals surface area (Å²) in [6.07, 6.45) is 7.36. The van der Waals surface area contributed by atoms with Crippen LogP contribution >= 0.6 is 11.6 Å². The number of para-hydroxylation sites is 1. The smallest absolute Gasteiger partial charge is 0.326 e. The molecule has 1 aliphatic carbocycles. The number of hydrogen-bond acceptors (Lipinski definition) is 2. The molecule has 1 unspecified atom stereocenters. The normalized spacial score (nSPS) is 21.4. The van der Waals surface area contributed by atoms with Crippen molar-refractivity contribution in [2.24, 2.45) is 5.92 Å². The predicted molar refractivity (Wildman–Crippen MR) is 149 cm³/mol. The minimum absolute atomic E-state index is 0.0645. The highest BCUT2D eigenvalue weighted by atomic mass is 35.5. The number of carbonyl (C=O) groups excluding carboxylic acids is 1. The van der Waals surface area contributed by atoms with Crippen molar-refractivity contribution in [3.05, 3.63) is 77.3 Å². The van der Waals surface area contributed by atoms with Gasteiger partial charge >= 0.3 is 6.03 Å². The molecular formula is C31H35ClN2O2. The standard InChI is InChI=1S/C31H35ClN2O2/c1-3-21-9-11-22(12-10-21)23-13-15-24(16-14-23)25-17-18-29-30(19-25)36-26(4-2)20-34(29)31(35)33-28-8-6-5-7-27(28)32/h5-8,13-19,21-22,26H,3-4,9-12,20H2,1-2H3,(H,33,35). The number of ether oxygens (including phenoxy) is 1. The van der Waals surface area contributed by atoms with E-state index in [9.17, 15) is 4.79 Å². The molecular weight excluding hydrogens is 468 g/mol. The molecule has 0 radical (unpaired) electrons. The summed E-state index contributed by atoms with van der Waals surface area (Å²) in [6.45, 7) is 4.89. The average molecular weight is 503 g/mol. The molecule has 3 aromatic rings. The Labute approximate surface area is 219 Å². The van der Waals surface area contributed by atoms with Crippen LogP contribution in [0.4, 0.5) is 16.2 Å². The summed E-state index contributed by atoms with van der Waals surface area (Å²) in [7, 11) is 0. The Kier molecular flexibility index (Phi) is 7.52. The van der Waals surface area contributed by atoms with Crippen molar-refractivity contribution in [1.29, 1.82) is 0 Å². The zero-order valence-corrected chi connectivity index (χ0v) is 21.9. The molecule has 1 aliphatic heterocycles. The van der Waals surface area contributed by atoms with Crippen LogP contribution in [-0.2, 0) is 0 Å². The van der Waals surface area contributed by atoms with E-state index in [1.807, 2.05) is 18.2 Å². The number of nitrogens with zero attached hydrogens (tertiary/aromatic N) is 1. The Morgan fingerprint density at radius 3 is 2.36 bits per heavy atom. The molecule has 1 fully saturated rings. The van der Waals surface area contributed by atoms with Crippen molar-refractivity contribution in [2.75, 3.05) is 16.8 Å². The Hall–Kier alpha value is -2.98. The maximum absolute atomic E-state index is 13.2. The van der Waals surface area contributed by atoms with Crippen LogP contribution in [-0.4, -0.2) is 18.7 Å². The summed E-state index contributed by atoms with van der Waals surface area (Å²) in [5, 5.41) is 3.47. The zero-order valence-electron chi connectivity index (χ0n) is 21.2. The molecule has 0 bridgehead atoms. The summed E-state index contributed by atoms with van der Waals surface area (Å²) in [5.41, 5.74) is 5.09. The fourth-order valence-electron chi connectivity index (χ4n) is 5.53. The first-order valence-electron chi connectivity index (χ1n) is 13.3. The molecule has 36 heavy (non-hydrogen) atoms. The second-order valence-corrected chi connectivity index (χ2v) is 10.5. The highest BCUT2D eigenvalue weighted by molar-refractivity contribution is 6.33. The van der Waals surface area contributed by atoms with Crippen LogP contribution < -0.4 is 15.0 Å². The van der Waals surface area contributed by atoms with Crippen LogP contribution in [0.3, 0.4) is 0 Å². The van der Waals surface area contributed by atoms with E-state index in [4.69, 9.17) is 16.3 Å². The summed E-state index contributed by atoms with van der Waals surface area (Å²) in [6, 6.07) is 22.3. The van der Waals surface area contributed by atoms with Crippen molar-refractivity contribution < 1.29 is 9.53 Å². The van der Waals surface area contributed by atoms with Gasteiger partial charge in [0.2, 0.25) is 0 Å². The number of rotatable bonds is 5. The Balaban J connectivity index is 1.35. The largest absolute Gasteiger partial charge is 0.486 e. The van der Waals surface area contributed by atoms with E-state index in [-0.39, 0.29) is 12.1 Å². The number of anilines is 2. The van der Waals surface area contributed by atoms with Gasteiger partial charge in [-0.05, 0) is 84.9 Å². The van der Waals surface area contributed by atoms with Gasteiger partial charge in [0.1, 0.15) is 11.9 Å². The number of halogens is 1. The predicted octanol–water partition coefficient (Wildman–Crippen LogP) is 8.90. The van der Waals surface area contributed by atoms with Gasteiger partial charge in [-0.25, -0.2) is 4.79 Å². The molecule has 0 aromatic heterocycles. The van der Waals surface area contributed by atoms with E-state index in [1.54, 1.807) is 17.0 Å². The average Bonchev–Trinajstić information content (AvgIpc) is 2.93. The summed E-state index contributed by atoms with van der Waals surface area (Å²) in [5.74, 6) is 2.33. The van der Waals surface area contributed by atoms with E-state index >= 15 is 0 Å². The summed E-state index contributed by atoms with van der Waals surface area (Å²) in [4.78, 5) is 15.0. The maximum Gasteiger partial charge on any atom is 0.326 e. The number of hydrogen-bond donors (Lipinski definition) is 1. The zero-order chi connectivity index (χ0) is 25.1. The molecule has 2 amide bonds. The van der Waals surface area contributed by atoms with Crippen LogP contribution in [0.15, 0.2) is 66.7 Å². The fourth-order valence-corrected chi connectivity index (χ4v) is 5.71. The summed E-state index contributed by atoms with van der Waals surface area (Å²) >= 11 is 6.27. The highest BCUT2D eigenvalue weighted by Gasteiger charge is 2.30. The van der Waals surface area contributed by atoms with Gasteiger partial charge < -0.3 is 10.1 Å². The van der Waals surface area contributed by atoms with Gasteiger partial charge in [0.15, 0.2) is 0 Å². The van der Waals surface area contributed by atoms with Crippen molar-refractivity contribution in [1.82, 2.24) is 0 Å². The van der Waals surface area contributed by atoms with Crippen LogP contribution in [0.2, 0.25) is 5.02 Å². The van der Waals surface area contributed by atoms with Crippen molar-refractivity contribution in [3.63, 3.8) is 0 Å². The van der Waals surface area contributed by atoms with Gasteiger partial charge in [-0.15, -0.1) is 0 Å². The van der Waals surface area contributed by atoms with E-state index in [0.717, 1.165) is 34.9 Å². The van der Waals surface area contributed by atoms with Gasteiger partial charge in [-0.1, -0.05) is 74.3 Å². The minimum Gasteiger partial charge on any atom is -0.486 e. The maximum atomic E-state index is 13.2. The van der Waals surface area contributed by atoms with Gasteiger partial charge in [-0.2, -0.15) is 0 Å².